The van der Waals surface area contributed by atoms with Crippen LogP contribution in [0.5, 0.6) is 11.5 Å². The summed E-state index contributed by atoms with van der Waals surface area (Å²) in [4.78, 5) is 132. The second-order valence-electron chi connectivity index (χ2n) is 21.9. The van der Waals surface area contributed by atoms with E-state index in [4.69, 9.17) is 29.3 Å². The summed E-state index contributed by atoms with van der Waals surface area (Å²) >= 11 is 0. The molecule has 6 aromatic rings. The number of hydrogen-bond acceptors (Lipinski definition) is 18. The van der Waals surface area contributed by atoms with Crippen LogP contribution < -0.4 is 15.9 Å². The van der Waals surface area contributed by atoms with Crippen molar-refractivity contribution in [3.05, 3.63) is 138 Å². The van der Waals surface area contributed by atoms with E-state index in [0.29, 0.717) is 116 Å². The smallest absolute Gasteiger partial charge is 0.343 e. The average Bonchev–Trinajstić information content (AvgIpc) is 1.67. The van der Waals surface area contributed by atoms with Gasteiger partial charge in [-0.1, -0.05) is 40.5 Å². The first-order valence-corrected chi connectivity index (χ1v) is 29.1. The maximum Gasteiger partial charge on any atom is 0.343 e. The van der Waals surface area contributed by atoms with Crippen LogP contribution >= 0.6 is 0 Å². The van der Waals surface area contributed by atoms with Crippen molar-refractivity contribution in [3.63, 3.8) is 0 Å². The molecule has 4 amide bonds. The lowest BCUT2D eigenvalue weighted by atomic mass is 9.86. The minimum Gasteiger partial charge on any atom is -0.508 e. The van der Waals surface area contributed by atoms with E-state index < -0.39 is 29.1 Å². The van der Waals surface area contributed by atoms with Gasteiger partial charge in [0.25, 0.3) is 34.7 Å². The number of carbonyl (C=O) groups is 8. The number of aryl methyl sites for hydroxylation is 2. The zero-order chi connectivity index (χ0) is 62.2. The molecule has 23 nitrogen and oxygen atoms in total. The number of unbranched alkanes of at least 4 members (excludes halogenated alkanes) is 4. The van der Waals surface area contributed by atoms with Gasteiger partial charge in [-0.15, -0.1) is 0 Å². The lowest BCUT2D eigenvalue weighted by Gasteiger charge is -2.31. The van der Waals surface area contributed by atoms with Crippen LogP contribution in [0.2, 0.25) is 0 Å². The summed E-state index contributed by atoms with van der Waals surface area (Å²) in [6.07, 6.45) is 10.7. The monoisotopic (exact) mass is 1190 g/mol. The number of fused-ring (bicyclic) bond motifs is 10. The largest absolute Gasteiger partial charge is 0.508 e. The molecule has 0 fully saturated rings. The summed E-state index contributed by atoms with van der Waals surface area (Å²) in [7, 11) is 0. The van der Waals surface area contributed by atoms with Gasteiger partial charge in [0, 0.05) is 83.3 Å². The first-order chi connectivity index (χ1) is 41.6. The molecule has 4 aromatic heterocycles. The Bertz CT molecular complexity index is 4090. The van der Waals surface area contributed by atoms with E-state index in [1.165, 1.54) is 34.1 Å². The summed E-state index contributed by atoms with van der Waals surface area (Å²) in [6.45, 7) is 8.40. The summed E-state index contributed by atoms with van der Waals surface area (Å²) in [5.74, 6) is -3.31. The van der Waals surface area contributed by atoms with Crippen molar-refractivity contribution in [2.24, 2.45) is 0 Å². The standard InChI is InChI=1S/C32H31N3O8.C22H20N2O5.C10H13NO4/c1-3-19-20-14-18(43-28(38)8-6-5-7-13-34-26(36)11-12-27(34)37)9-10-24(20)33-29-21(19)16-35-25(29)15-23-22(30(35)39)17-42-31(40)32(23,41)4-2;1-3-12-13-7-11(25)5-6-17(13)23-19-14(12)9-24-18(19)8-16-15(20(24)26)10-29-21(27)22(16,28)4-2;12-8-5-6-9(13)11(8)7-3-1-2-4-10(14)15/h9-12,14-15,41H,3-8,13,16-17H2,1-2H3;5-8,25,28H,3-4,9-10H2,1-2H3;5-6H,1-4,7H2,(H,14,15)/t32-;22-;/m00./s1. The van der Waals surface area contributed by atoms with Gasteiger partial charge < -0.3 is 43.8 Å². The fourth-order valence-electron chi connectivity index (χ4n) is 12.1. The van der Waals surface area contributed by atoms with Crippen LogP contribution in [-0.4, -0.2) is 110 Å². The predicted octanol–water partition coefficient (Wildman–Crippen LogP) is 5.94. The maximum absolute atomic E-state index is 13.5. The maximum atomic E-state index is 13.5. The molecule has 6 aliphatic rings. The topological polar surface area (TPSA) is 321 Å². The molecule has 0 radical (unpaired) electrons. The Morgan fingerprint density at radius 2 is 1.00 bits per heavy atom. The van der Waals surface area contributed by atoms with Crippen LogP contribution in [0.3, 0.4) is 0 Å². The number of pyridine rings is 4. The van der Waals surface area contributed by atoms with Gasteiger partial charge >= 0.3 is 23.9 Å². The minimum absolute atomic E-state index is 0.0692. The van der Waals surface area contributed by atoms with Crippen molar-refractivity contribution < 1.29 is 73.0 Å². The number of nitrogens with zero attached hydrogens (tertiary/aromatic N) is 6. The fraction of sp³-hybridized carbons (Fsp3) is 0.375. The SMILES string of the molecule is CCc1c2c(nc3ccc(O)cc13)-c1cc3c(c(=O)n1C2)COC(=O)[C@]3(O)CC.CCc1c2c(nc3ccc(OC(=O)CCCCCN4C(=O)C=CC4=O)cc13)-c1cc3c(c(=O)n1C2)COC(=O)[C@]3(O)CC.O=C(O)CCCCCN1C(=O)C=CC1=O. The number of aromatic nitrogens is 4. The van der Waals surface area contributed by atoms with Crippen molar-refractivity contribution in [1.82, 2.24) is 28.9 Å². The van der Waals surface area contributed by atoms with E-state index >= 15 is 0 Å². The van der Waals surface area contributed by atoms with E-state index in [9.17, 15) is 63.3 Å². The molecule has 0 bridgehead atoms. The molecule has 0 spiro atoms. The third kappa shape index (κ3) is 11.2. The molecular formula is C64H64N6O17. The summed E-state index contributed by atoms with van der Waals surface area (Å²) < 4.78 is 19.1. The normalized spacial score (nSPS) is 18.3. The summed E-state index contributed by atoms with van der Waals surface area (Å²) in [6, 6.07) is 13.7. The van der Waals surface area contributed by atoms with Crippen LogP contribution in [0.15, 0.2) is 82.4 Å². The van der Waals surface area contributed by atoms with Crippen molar-refractivity contribution in [2.75, 3.05) is 13.1 Å². The summed E-state index contributed by atoms with van der Waals surface area (Å²) in [5.41, 5.74) is 4.47. The molecule has 0 aliphatic carbocycles. The molecule has 87 heavy (non-hydrogen) atoms. The van der Waals surface area contributed by atoms with Crippen molar-refractivity contribution >= 4 is 69.3 Å². The van der Waals surface area contributed by atoms with Crippen LogP contribution in [0.4, 0.5) is 0 Å². The number of aliphatic hydroxyl groups is 2. The lowest BCUT2D eigenvalue weighted by molar-refractivity contribution is -0.172. The van der Waals surface area contributed by atoms with Gasteiger partial charge in [-0.05, 0) is 111 Å². The Labute approximate surface area is 497 Å². The molecule has 0 unspecified atom stereocenters. The number of carboxylic acid groups (broad SMARTS) is 1. The number of amides is 4. The molecule has 2 aromatic carbocycles. The molecule has 23 heteroatoms. The number of rotatable bonds is 17. The predicted molar refractivity (Wildman–Crippen MR) is 311 cm³/mol. The second-order valence-corrected chi connectivity index (χ2v) is 21.9. The van der Waals surface area contributed by atoms with Gasteiger partial charge in [0.05, 0.1) is 58.0 Å². The summed E-state index contributed by atoms with van der Waals surface area (Å²) in [5, 5.41) is 42.0. The third-order valence-electron chi connectivity index (χ3n) is 16.8. The molecule has 6 aliphatic heterocycles. The quantitative estimate of drug-likeness (QED) is 0.0355. The highest BCUT2D eigenvalue weighted by atomic mass is 16.6. The Hall–Kier alpha value is -9.48. The number of phenols is 1. The van der Waals surface area contributed by atoms with E-state index in [1.807, 2.05) is 13.8 Å². The van der Waals surface area contributed by atoms with E-state index in [0.717, 1.165) is 38.5 Å². The molecule has 12 rings (SSSR count). The highest BCUT2D eigenvalue weighted by molar-refractivity contribution is 6.13. The first-order valence-electron chi connectivity index (χ1n) is 29.1. The van der Waals surface area contributed by atoms with Gasteiger partial charge in [-0.25, -0.2) is 19.6 Å². The number of carbonyl (C=O) groups excluding carboxylic acids is 7. The zero-order valence-electron chi connectivity index (χ0n) is 48.4. The average molecular weight is 1190 g/mol. The first kappa shape index (κ1) is 60.6. The van der Waals surface area contributed by atoms with E-state index in [2.05, 4.69) is 0 Å². The number of cyclic esters (lactones) is 2. The number of imide groups is 2. The number of esters is 3. The molecule has 10 heterocycles. The Kier molecular flexibility index (Phi) is 17.1. The van der Waals surface area contributed by atoms with Gasteiger partial charge in [-0.3, -0.25) is 48.2 Å². The van der Waals surface area contributed by atoms with Gasteiger partial charge in [0.15, 0.2) is 11.2 Å². The third-order valence-corrected chi connectivity index (χ3v) is 16.8. The van der Waals surface area contributed by atoms with Crippen LogP contribution in [0.25, 0.3) is 44.6 Å². The number of aliphatic carboxylic acids is 1. The Morgan fingerprint density at radius 3 is 1.44 bits per heavy atom. The van der Waals surface area contributed by atoms with Crippen LogP contribution in [-0.2, 0) is 98.2 Å². The lowest BCUT2D eigenvalue weighted by Crippen LogP contribution is -2.44. The van der Waals surface area contributed by atoms with Crippen molar-refractivity contribution in [1.29, 1.82) is 0 Å². The molecule has 0 saturated heterocycles. The van der Waals surface area contributed by atoms with Gasteiger partial charge in [0.1, 0.15) is 24.7 Å². The number of phenolic OH excluding ortho intramolecular Hbond substituents is 1. The number of carboxylic acids is 1. The van der Waals surface area contributed by atoms with Crippen molar-refractivity contribution in [3.8, 4) is 34.3 Å². The number of ether oxygens (including phenoxy) is 3. The molecule has 2 atom stereocenters. The zero-order valence-corrected chi connectivity index (χ0v) is 48.4. The molecule has 0 saturated carbocycles. The highest BCUT2D eigenvalue weighted by Crippen LogP contribution is 2.43. The van der Waals surface area contributed by atoms with Gasteiger partial charge in [-0.2, -0.15) is 0 Å². The number of aromatic hydroxyl groups is 1. The molecule has 452 valence electrons. The Morgan fingerprint density at radius 1 is 0.563 bits per heavy atom. The van der Waals surface area contributed by atoms with Crippen LogP contribution in [0, 0.1) is 0 Å². The number of hydrogen-bond donors (Lipinski definition) is 4. The van der Waals surface area contributed by atoms with Gasteiger partial charge in [0.2, 0.25) is 0 Å². The minimum atomic E-state index is -1.89. The van der Waals surface area contributed by atoms with Crippen molar-refractivity contribution in [2.45, 2.75) is 142 Å². The molecular weight excluding hydrogens is 1120 g/mol. The second kappa shape index (κ2) is 24.5. The van der Waals surface area contributed by atoms with E-state index in [1.54, 1.807) is 71.5 Å². The fourth-order valence-corrected chi connectivity index (χ4v) is 12.1. The highest BCUT2D eigenvalue weighted by Gasteiger charge is 2.47. The number of benzene rings is 2. The Balaban J connectivity index is 0.000000163. The van der Waals surface area contributed by atoms with Crippen LogP contribution in [0.1, 0.15) is 136 Å². The molecule has 4 N–H and O–H groups in total. The van der Waals surface area contributed by atoms with E-state index in [-0.39, 0.29) is 103 Å².